The van der Waals surface area contributed by atoms with Crippen LogP contribution in [0.15, 0.2) is 18.2 Å². The lowest BCUT2D eigenvalue weighted by Crippen LogP contribution is -2.17. The predicted molar refractivity (Wildman–Crippen MR) is 45.0 cm³/mol. The number of halogens is 4. The molecule has 82 valence electrons. The van der Waals surface area contributed by atoms with E-state index in [0.29, 0.717) is 6.07 Å². The van der Waals surface area contributed by atoms with Gasteiger partial charge in [0.2, 0.25) is 0 Å². The molecule has 0 bridgehead atoms. The Kier molecular flexibility index (Phi) is 3.09. The summed E-state index contributed by atoms with van der Waals surface area (Å²) in [5, 5.41) is 8.14. The molecule has 0 aliphatic heterocycles. The fourth-order valence-electron chi connectivity index (χ4n) is 0.875. The quantitative estimate of drug-likeness (QED) is 0.809. The highest BCUT2D eigenvalue weighted by Crippen LogP contribution is 2.28. The molecule has 7 heteroatoms. The standard InChI is InChI=1S/C8H4ClF3O3/c9-7(14)5-2-1-4(3-6(5)13)15-8(10,11)12/h1-3,13H. The van der Waals surface area contributed by atoms with Gasteiger partial charge in [-0.05, 0) is 23.7 Å². The average Bonchev–Trinajstić information content (AvgIpc) is 1.99. The number of alkyl halides is 3. The second kappa shape index (κ2) is 3.98. The van der Waals surface area contributed by atoms with Gasteiger partial charge in [-0.25, -0.2) is 0 Å². The summed E-state index contributed by atoms with van der Waals surface area (Å²) < 4.78 is 38.7. The second-order valence-corrected chi connectivity index (χ2v) is 2.84. The molecule has 3 nitrogen and oxygen atoms in total. The zero-order chi connectivity index (χ0) is 11.6. The van der Waals surface area contributed by atoms with Crippen molar-refractivity contribution in [1.82, 2.24) is 0 Å². The van der Waals surface area contributed by atoms with Gasteiger partial charge in [-0.3, -0.25) is 4.79 Å². The minimum Gasteiger partial charge on any atom is -0.507 e. The monoisotopic (exact) mass is 240 g/mol. The first-order valence-corrected chi connectivity index (χ1v) is 3.96. The van der Waals surface area contributed by atoms with Crippen molar-refractivity contribution in [3.63, 3.8) is 0 Å². The number of aromatic hydroxyl groups is 1. The molecule has 15 heavy (non-hydrogen) atoms. The van der Waals surface area contributed by atoms with E-state index in [2.05, 4.69) is 4.74 Å². The minimum absolute atomic E-state index is 0.286. The summed E-state index contributed by atoms with van der Waals surface area (Å²) in [6.45, 7) is 0. The Morgan fingerprint density at radius 2 is 2.00 bits per heavy atom. The Morgan fingerprint density at radius 3 is 2.40 bits per heavy atom. The van der Waals surface area contributed by atoms with Crippen LogP contribution in [0.3, 0.4) is 0 Å². The third-order valence-electron chi connectivity index (χ3n) is 1.41. The summed E-state index contributed by atoms with van der Waals surface area (Å²) in [5.74, 6) is -1.29. The van der Waals surface area contributed by atoms with E-state index in [4.69, 9.17) is 16.7 Å². The van der Waals surface area contributed by atoms with Gasteiger partial charge in [0.1, 0.15) is 11.5 Å². The van der Waals surface area contributed by atoms with E-state index in [1.165, 1.54) is 0 Å². The van der Waals surface area contributed by atoms with Crippen molar-refractivity contribution in [3.05, 3.63) is 23.8 Å². The fraction of sp³-hybridized carbons (Fsp3) is 0.125. The third-order valence-corrected chi connectivity index (χ3v) is 1.62. The molecule has 0 saturated carbocycles. The van der Waals surface area contributed by atoms with E-state index < -0.39 is 23.1 Å². The molecule has 0 amide bonds. The lowest BCUT2D eigenvalue weighted by molar-refractivity contribution is -0.274. The maximum absolute atomic E-state index is 11.7. The first kappa shape index (κ1) is 11.6. The maximum atomic E-state index is 11.7. The number of phenols is 1. The van der Waals surface area contributed by atoms with E-state index in [-0.39, 0.29) is 5.56 Å². The van der Waals surface area contributed by atoms with Crippen molar-refractivity contribution >= 4 is 16.8 Å². The van der Waals surface area contributed by atoms with E-state index in [0.717, 1.165) is 12.1 Å². The molecule has 0 aliphatic rings. The zero-order valence-electron chi connectivity index (χ0n) is 7.01. The molecule has 0 aromatic heterocycles. The predicted octanol–water partition coefficient (Wildman–Crippen LogP) is 2.67. The molecule has 1 aromatic rings. The van der Waals surface area contributed by atoms with E-state index in [1.807, 2.05) is 0 Å². The molecule has 0 unspecified atom stereocenters. The largest absolute Gasteiger partial charge is 0.573 e. The summed E-state index contributed by atoms with van der Waals surface area (Å²) in [4.78, 5) is 10.6. The molecule has 0 saturated heterocycles. The van der Waals surface area contributed by atoms with Gasteiger partial charge in [0.25, 0.3) is 5.24 Å². The molecule has 0 aliphatic carbocycles. The number of hydrogen-bond donors (Lipinski definition) is 1. The van der Waals surface area contributed by atoms with Crippen LogP contribution in [0.1, 0.15) is 10.4 Å². The van der Waals surface area contributed by atoms with Gasteiger partial charge in [-0.2, -0.15) is 0 Å². The van der Waals surface area contributed by atoms with Crippen molar-refractivity contribution in [1.29, 1.82) is 0 Å². The summed E-state index contributed by atoms with van der Waals surface area (Å²) >= 11 is 5.03. The minimum atomic E-state index is -4.85. The van der Waals surface area contributed by atoms with Crippen molar-refractivity contribution < 1.29 is 27.8 Å². The first-order valence-electron chi connectivity index (χ1n) is 3.58. The molecule has 0 radical (unpaired) electrons. The third kappa shape index (κ3) is 3.32. The highest BCUT2D eigenvalue weighted by molar-refractivity contribution is 6.68. The Morgan fingerprint density at radius 1 is 1.40 bits per heavy atom. The van der Waals surface area contributed by atoms with Crippen molar-refractivity contribution in [2.24, 2.45) is 0 Å². The van der Waals surface area contributed by atoms with Crippen LogP contribution < -0.4 is 4.74 Å². The van der Waals surface area contributed by atoms with Crippen LogP contribution in [0.2, 0.25) is 0 Å². The van der Waals surface area contributed by atoms with Gasteiger partial charge in [0.05, 0.1) is 5.56 Å². The van der Waals surface area contributed by atoms with Gasteiger partial charge in [0, 0.05) is 6.07 Å². The lowest BCUT2D eigenvalue weighted by Gasteiger charge is -2.09. The molecule has 1 rings (SSSR count). The summed E-state index contributed by atoms with van der Waals surface area (Å²) in [7, 11) is 0. The van der Waals surface area contributed by atoms with Crippen LogP contribution in [0.5, 0.6) is 11.5 Å². The maximum Gasteiger partial charge on any atom is 0.573 e. The fourth-order valence-corrected chi connectivity index (χ4v) is 1.03. The number of phenolic OH excluding ortho intramolecular Hbond substituents is 1. The van der Waals surface area contributed by atoms with E-state index >= 15 is 0 Å². The van der Waals surface area contributed by atoms with Gasteiger partial charge in [0.15, 0.2) is 0 Å². The van der Waals surface area contributed by atoms with Gasteiger partial charge in [-0.15, -0.1) is 13.2 Å². The van der Waals surface area contributed by atoms with Crippen LogP contribution >= 0.6 is 11.6 Å². The molecular formula is C8H4ClF3O3. The van der Waals surface area contributed by atoms with Crippen LogP contribution in [-0.2, 0) is 0 Å². The Bertz CT molecular complexity index is 389. The Hall–Kier alpha value is -1.43. The summed E-state index contributed by atoms with van der Waals surface area (Å²) in [6, 6.07) is 2.47. The molecule has 0 heterocycles. The number of ether oxygens (including phenoxy) is 1. The molecule has 1 aromatic carbocycles. The molecule has 0 atom stereocenters. The van der Waals surface area contributed by atoms with Gasteiger partial charge >= 0.3 is 6.36 Å². The number of benzene rings is 1. The molecule has 1 N–H and O–H groups in total. The Balaban J connectivity index is 2.97. The number of rotatable bonds is 2. The summed E-state index contributed by atoms with van der Waals surface area (Å²) in [6.07, 6.45) is -4.85. The van der Waals surface area contributed by atoms with Crippen LogP contribution in [0, 0.1) is 0 Å². The lowest BCUT2D eigenvalue weighted by atomic mass is 10.2. The van der Waals surface area contributed by atoms with Crippen LogP contribution in [-0.4, -0.2) is 16.7 Å². The highest BCUT2D eigenvalue weighted by Gasteiger charge is 2.31. The highest BCUT2D eigenvalue weighted by atomic mass is 35.5. The van der Waals surface area contributed by atoms with Crippen molar-refractivity contribution in [2.75, 3.05) is 0 Å². The van der Waals surface area contributed by atoms with Crippen LogP contribution in [0.25, 0.3) is 0 Å². The molecular weight excluding hydrogens is 237 g/mol. The topological polar surface area (TPSA) is 46.5 Å². The smallest absolute Gasteiger partial charge is 0.507 e. The van der Waals surface area contributed by atoms with Crippen molar-refractivity contribution in [2.45, 2.75) is 6.36 Å². The SMILES string of the molecule is O=C(Cl)c1ccc(OC(F)(F)F)cc1O. The van der Waals surface area contributed by atoms with Crippen LogP contribution in [0.4, 0.5) is 13.2 Å². The second-order valence-electron chi connectivity index (χ2n) is 2.50. The molecule has 0 spiro atoms. The summed E-state index contributed by atoms with van der Waals surface area (Å²) in [5.41, 5.74) is -0.286. The number of carbonyl (C=O) groups is 1. The van der Waals surface area contributed by atoms with Crippen molar-refractivity contribution in [3.8, 4) is 11.5 Å². The Labute approximate surface area is 87.0 Å². The number of carbonyl (C=O) groups excluding carboxylic acids is 1. The van der Waals surface area contributed by atoms with E-state index in [9.17, 15) is 18.0 Å². The van der Waals surface area contributed by atoms with E-state index in [1.54, 1.807) is 0 Å². The molecule has 0 fully saturated rings. The van der Waals surface area contributed by atoms with Gasteiger partial charge < -0.3 is 9.84 Å². The normalized spacial score (nSPS) is 11.2. The average molecular weight is 241 g/mol. The zero-order valence-corrected chi connectivity index (χ0v) is 7.76. The number of hydrogen-bond acceptors (Lipinski definition) is 3. The van der Waals surface area contributed by atoms with Gasteiger partial charge in [-0.1, -0.05) is 0 Å². The first-order chi connectivity index (χ1) is 6.79.